The van der Waals surface area contributed by atoms with Gasteiger partial charge in [-0.25, -0.2) is 0 Å². The number of nitrogens with two attached hydrogens (primary N) is 4. The minimum absolute atomic E-state index is 0.0154. The Balaban J connectivity index is 0.639. The van der Waals surface area contributed by atoms with E-state index >= 15 is 0 Å². The van der Waals surface area contributed by atoms with Gasteiger partial charge in [-0.2, -0.15) is 59.8 Å². The molecule has 0 amide bonds. The quantitative estimate of drug-likeness (QED) is 0.0169. The summed E-state index contributed by atoms with van der Waals surface area (Å²) in [6, 6.07) is 70.6. The number of nitrogen functional groups attached to an aromatic ring is 4. The van der Waals surface area contributed by atoms with Crippen LogP contribution < -0.4 is 103 Å². The predicted molar refractivity (Wildman–Crippen MR) is 588 cm³/mol. The lowest BCUT2D eigenvalue weighted by Gasteiger charge is -2.24. The summed E-state index contributed by atoms with van der Waals surface area (Å²) >= 11 is 0. The molecular formula is C116H134N24O8. The number of hydrogen-bond acceptors (Lipinski definition) is 32. The molecule has 0 radical (unpaired) electrons. The minimum atomic E-state index is -0.118. The monoisotopic (exact) mass is 1990 g/mol. The number of hydrogen-bond donors (Lipinski definition) is 12. The molecule has 0 aliphatic heterocycles. The molecule has 0 saturated heterocycles. The van der Waals surface area contributed by atoms with E-state index in [-0.39, 0.29) is 71.6 Å². The van der Waals surface area contributed by atoms with Gasteiger partial charge in [0, 0.05) is 132 Å². The molecule has 4 heterocycles. The minimum Gasteiger partial charge on any atom is -0.493 e. The largest absolute Gasteiger partial charge is 0.493 e. The molecule has 17 rings (SSSR count). The number of benzene rings is 11. The van der Waals surface area contributed by atoms with Crippen LogP contribution in [-0.4, -0.2) is 113 Å². The van der Waals surface area contributed by atoms with Gasteiger partial charge in [-0.3, -0.25) is 0 Å². The van der Waals surface area contributed by atoms with Crippen LogP contribution in [0, 0.1) is 0 Å². The second-order valence-corrected chi connectivity index (χ2v) is 37.3. The third kappa shape index (κ3) is 26.6. The fourth-order valence-corrected chi connectivity index (χ4v) is 18.6. The number of nitrogens with zero attached hydrogens (tertiary/aromatic N) is 12. The predicted octanol–water partition coefficient (Wildman–Crippen LogP) is 23.0. The molecule has 32 nitrogen and oxygen atoms in total. The summed E-state index contributed by atoms with van der Waals surface area (Å²) in [6.45, 7) is 25.6. The van der Waals surface area contributed by atoms with Crippen molar-refractivity contribution in [3.63, 3.8) is 0 Å². The third-order valence-electron chi connectivity index (χ3n) is 25.2. The molecule has 2 aliphatic rings. The first kappa shape index (κ1) is 103. The van der Waals surface area contributed by atoms with Crippen molar-refractivity contribution in [1.82, 2.24) is 59.8 Å². The van der Waals surface area contributed by atoms with Crippen LogP contribution in [0.1, 0.15) is 244 Å². The van der Waals surface area contributed by atoms with Crippen LogP contribution in [0.3, 0.4) is 0 Å². The number of aromatic nitrogens is 12. The summed E-state index contributed by atoms with van der Waals surface area (Å²) in [7, 11) is 0. The SMILES string of the molecule is CCCOc1c2cccc1Cc1cc(Nc3nc(N)nc(N[C@H](C)c4ccccc4)n3)cc(c1OCCC)Cc1cccc(c1OCCC)Cc1cc(Nc3nc(N)nc(NCc4cccc(CNc5nc(N)nc(Nc6cc7c(OCCC)c(c6)Cc6cccc(c6OCCC)Cc6cc(Nc8nc(N)nc(N[C@H](C)c9ccccc9)n8)cc(c6OCCC)Cc6cccc(c6OCCC)C7)n5)c4)n3)cc(c1OCCC)C2. The molecule has 32 heteroatoms. The fraction of sp³-hybridized carbons (Fsp3) is 0.328. The number of nitrogens with one attached hydrogen (secondary N) is 8. The summed E-state index contributed by atoms with van der Waals surface area (Å²) in [5, 5.41) is 28.0. The molecule has 16 bridgehead atoms. The highest BCUT2D eigenvalue weighted by Gasteiger charge is 2.30. The lowest BCUT2D eigenvalue weighted by Crippen LogP contribution is -2.13. The molecule has 0 spiro atoms. The Kier molecular flexibility index (Phi) is 34.6. The van der Waals surface area contributed by atoms with E-state index in [9.17, 15) is 0 Å². The molecule has 4 aromatic heterocycles. The molecule has 766 valence electrons. The van der Waals surface area contributed by atoms with Gasteiger partial charge >= 0.3 is 0 Å². The van der Waals surface area contributed by atoms with Crippen molar-refractivity contribution in [1.29, 1.82) is 0 Å². The summed E-state index contributed by atoms with van der Waals surface area (Å²) in [6.07, 6.45) is 9.72. The van der Waals surface area contributed by atoms with Crippen molar-refractivity contribution < 1.29 is 37.9 Å². The van der Waals surface area contributed by atoms with Gasteiger partial charge < -0.3 is 103 Å². The Morgan fingerprint density at radius 1 is 0.223 bits per heavy atom. The zero-order valence-corrected chi connectivity index (χ0v) is 86.1. The molecule has 11 aromatic carbocycles. The Hall–Kier alpha value is -16.5. The molecular weight excluding hydrogens is 1860 g/mol. The summed E-state index contributed by atoms with van der Waals surface area (Å²) in [5.41, 5.74) is 48.3. The molecule has 2 atom stereocenters. The summed E-state index contributed by atoms with van der Waals surface area (Å²) < 4.78 is 55.7. The maximum Gasteiger partial charge on any atom is 0.233 e. The Morgan fingerprint density at radius 3 is 0.642 bits per heavy atom. The van der Waals surface area contributed by atoms with Gasteiger partial charge in [-0.15, -0.1) is 0 Å². The van der Waals surface area contributed by atoms with Crippen LogP contribution >= 0.6 is 0 Å². The number of rotatable bonds is 44. The van der Waals surface area contributed by atoms with Crippen LogP contribution in [0.15, 0.2) is 206 Å². The first-order valence-electron chi connectivity index (χ1n) is 51.7. The van der Waals surface area contributed by atoms with Gasteiger partial charge in [-0.05, 0) is 181 Å². The van der Waals surface area contributed by atoms with Crippen LogP contribution in [-0.2, 0) is 64.5 Å². The van der Waals surface area contributed by atoms with Crippen LogP contribution in [0.2, 0.25) is 0 Å². The zero-order valence-electron chi connectivity index (χ0n) is 86.1. The van der Waals surface area contributed by atoms with E-state index < -0.39 is 0 Å². The number of ether oxygens (including phenoxy) is 8. The van der Waals surface area contributed by atoms with Crippen LogP contribution in [0.25, 0.3) is 0 Å². The van der Waals surface area contributed by atoms with Gasteiger partial charge in [0.15, 0.2) is 0 Å². The zero-order chi connectivity index (χ0) is 103. The number of fused-ring (bicyclic) bond motifs is 16. The Labute approximate surface area is 865 Å². The normalized spacial score (nSPS) is 12.4. The van der Waals surface area contributed by atoms with Crippen molar-refractivity contribution in [3.05, 3.63) is 318 Å². The van der Waals surface area contributed by atoms with Crippen LogP contribution in [0.5, 0.6) is 46.0 Å². The van der Waals surface area contributed by atoms with Gasteiger partial charge in [0.25, 0.3) is 0 Å². The summed E-state index contributed by atoms with van der Waals surface area (Å²) in [5.74, 6) is 8.61. The molecule has 148 heavy (non-hydrogen) atoms. The topological polar surface area (TPSA) is 429 Å². The smallest absolute Gasteiger partial charge is 0.233 e. The van der Waals surface area contributed by atoms with Crippen molar-refractivity contribution in [3.8, 4) is 46.0 Å². The Bertz CT molecular complexity index is 6460. The number of para-hydroxylation sites is 4. The van der Waals surface area contributed by atoms with Crippen molar-refractivity contribution >= 4 is 94.1 Å². The van der Waals surface area contributed by atoms with Crippen molar-refractivity contribution in [2.45, 2.75) is 197 Å². The van der Waals surface area contributed by atoms with E-state index in [2.05, 4.69) is 293 Å². The maximum absolute atomic E-state index is 6.99. The average Bonchev–Trinajstić information content (AvgIpc) is 0.774. The average molecular weight is 1990 g/mol. The van der Waals surface area contributed by atoms with E-state index in [1.54, 1.807) is 0 Å². The standard InChI is InChI=1S/C116H134N24O8/c1-11-44-141-97-77-36-26-40-81(97)57-89-65-95(127-115-135-107(119)131-111(139-115)123-71(9)75-32-21-19-22-33-75)66-90(103(89)147-50-17-7)58-82-41-27-37-78(98(82)142-45-12-2)54-86-62-93(61-85(53-77)101(86)145-48-15-5)125-113-133-105(117)129-109(137-113)121-69-73-30-25-31-74(52-73)70-122-110-130-106(118)134-114(138-110)126-94-63-87-55-79-38-28-42-83(99(79)143-46-13-3)59-91-67-96(128-116-136-108(120)132-112(140-116)124-72(10)76-34-23-20-24-35-76)68-92(104(91)148-51-18-8)60-84-43-29-39-80(100(84)144-47-14-4)56-88(64-94)102(87)146-49-16-6/h19-43,52,61-68,71-72H,11-18,44-51,53-60,69-70H2,1-10H3,(H4,117,121,125,129,133,137)(H4,118,122,126,130,134,138)(H4,119,123,127,131,135,139)(H4,120,124,128,132,136,140)/t71-,72-/m1/s1. The highest BCUT2D eigenvalue weighted by molar-refractivity contribution is 5.71. The highest BCUT2D eigenvalue weighted by atomic mass is 16.5. The Morgan fingerprint density at radius 2 is 0.419 bits per heavy atom. The number of anilines is 16. The van der Waals surface area contributed by atoms with Crippen LogP contribution in [0.4, 0.5) is 94.1 Å². The lowest BCUT2D eigenvalue weighted by molar-refractivity contribution is 0.304. The van der Waals surface area contributed by atoms with E-state index in [0.29, 0.717) is 141 Å². The molecule has 0 fully saturated rings. The van der Waals surface area contributed by atoms with E-state index in [0.717, 1.165) is 220 Å². The van der Waals surface area contributed by atoms with E-state index in [4.69, 9.17) is 90.7 Å². The van der Waals surface area contributed by atoms with Crippen molar-refractivity contribution in [2.75, 3.05) is 118 Å². The lowest BCUT2D eigenvalue weighted by atomic mass is 9.90. The second kappa shape index (κ2) is 49.8. The van der Waals surface area contributed by atoms with E-state index in [1.807, 2.05) is 54.6 Å². The first-order chi connectivity index (χ1) is 72.3. The van der Waals surface area contributed by atoms with Gasteiger partial charge in [-0.1, -0.05) is 213 Å². The van der Waals surface area contributed by atoms with Gasteiger partial charge in [0.05, 0.1) is 64.9 Å². The molecule has 0 unspecified atom stereocenters. The molecule has 16 N–H and O–H groups in total. The second-order valence-electron chi connectivity index (χ2n) is 37.3. The molecule has 2 aliphatic carbocycles. The fourth-order valence-electron chi connectivity index (χ4n) is 18.6. The highest BCUT2D eigenvalue weighted by Crippen LogP contribution is 2.46. The molecule has 0 saturated carbocycles. The summed E-state index contributed by atoms with van der Waals surface area (Å²) in [4.78, 5) is 56.5. The van der Waals surface area contributed by atoms with Crippen molar-refractivity contribution in [2.24, 2.45) is 0 Å². The molecule has 15 aromatic rings. The first-order valence-corrected chi connectivity index (χ1v) is 51.7. The van der Waals surface area contributed by atoms with Gasteiger partial charge in [0.2, 0.25) is 71.4 Å². The maximum atomic E-state index is 6.99. The van der Waals surface area contributed by atoms with E-state index in [1.165, 1.54) is 0 Å². The van der Waals surface area contributed by atoms with Gasteiger partial charge in [0.1, 0.15) is 46.0 Å². The third-order valence-corrected chi connectivity index (χ3v) is 25.2.